The standard InChI is InChI=1S/C12H9N3O5/c13-11(9-6-7-10(19-9)15(17)18)14-20-12(16)8-4-2-1-3-5-8/h1-7H,(H2,13,14). The molecule has 102 valence electrons. The Morgan fingerprint density at radius 2 is 1.95 bits per heavy atom. The molecule has 0 atom stereocenters. The predicted octanol–water partition coefficient (Wildman–Crippen LogP) is 1.67. The minimum Gasteiger partial charge on any atom is -0.397 e. The lowest BCUT2D eigenvalue weighted by Gasteiger charge is -1.98. The first-order valence-electron chi connectivity index (χ1n) is 5.42. The maximum atomic E-state index is 11.6. The number of nitrogens with two attached hydrogens (primary N) is 1. The average Bonchev–Trinajstić information content (AvgIpc) is 2.95. The number of hydrogen-bond donors (Lipinski definition) is 1. The molecule has 2 N–H and O–H groups in total. The van der Waals surface area contributed by atoms with Crippen LogP contribution in [0, 0.1) is 10.1 Å². The Hall–Kier alpha value is -3.16. The number of hydrogen-bond acceptors (Lipinski definition) is 6. The van der Waals surface area contributed by atoms with Gasteiger partial charge in [-0.2, -0.15) is 0 Å². The van der Waals surface area contributed by atoms with E-state index in [1.165, 1.54) is 6.07 Å². The van der Waals surface area contributed by atoms with Crippen molar-refractivity contribution >= 4 is 17.7 Å². The molecule has 8 nitrogen and oxygen atoms in total. The van der Waals surface area contributed by atoms with Gasteiger partial charge in [0, 0.05) is 0 Å². The van der Waals surface area contributed by atoms with Gasteiger partial charge >= 0.3 is 11.9 Å². The highest BCUT2D eigenvalue weighted by Crippen LogP contribution is 2.15. The van der Waals surface area contributed by atoms with Gasteiger partial charge < -0.3 is 15.0 Å². The highest BCUT2D eigenvalue weighted by atomic mass is 16.7. The molecule has 20 heavy (non-hydrogen) atoms. The lowest BCUT2D eigenvalue weighted by molar-refractivity contribution is -0.402. The number of carbonyl (C=O) groups excluding carboxylic acids is 1. The van der Waals surface area contributed by atoms with E-state index in [9.17, 15) is 14.9 Å². The smallest absolute Gasteiger partial charge is 0.397 e. The van der Waals surface area contributed by atoms with Crippen molar-refractivity contribution < 1.29 is 19.0 Å². The second-order valence-corrected chi connectivity index (χ2v) is 3.62. The lowest BCUT2D eigenvalue weighted by atomic mass is 10.2. The highest BCUT2D eigenvalue weighted by molar-refractivity contribution is 5.96. The summed E-state index contributed by atoms with van der Waals surface area (Å²) in [7, 11) is 0. The lowest BCUT2D eigenvalue weighted by Crippen LogP contribution is -2.14. The summed E-state index contributed by atoms with van der Waals surface area (Å²) >= 11 is 0. The quantitative estimate of drug-likeness (QED) is 0.298. The molecule has 1 heterocycles. The Labute approximate surface area is 112 Å². The van der Waals surface area contributed by atoms with Gasteiger partial charge in [-0.1, -0.05) is 23.4 Å². The average molecular weight is 275 g/mol. The molecule has 0 unspecified atom stereocenters. The van der Waals surface area contributed by atoms with Gasteiger partial charge in [-0.15, -0.1) is 0 Å². The molecule has 0 aliphatic rings. The number of carbonyl (C=O) groups is 1. The van der Waals surface area contributed by atoms with Gasteiger partial charge in [0.05, 0.1) is 11.6 Å². The topological polar surface area (TPSA) is 121 Å². The van der Waals surface area contributed by atoms with Gasteiger partial charge in [0.15, 0.2) is 5.76 Å². The van der Waals surface area contributed by atoms with Crippen LogP contribution in [-0.4, -0.2) is 16.7 Å². The fourth-order valence-electron chi connectivity index (χ4n) is 1.33. The van der Waals surface area contributed by atoms with Gasteiger partial charge in [0.1, 0.15) is 4.92 Å². The zero-order valence-corrected chi connectivity index (χ0v) is 10.1. The number of oxime groups is 1. The molecule has 0 saturated heterocycles. The molecular weight excluding hydrogens is 266 g/mol. The Kier molecular flexibility index (Phi) is 3.75. The summed E-state index contributed by atoms with van der Waals surface area (Å²) in [5, 5.41) is 13.8. The van der Waals surface area contributed by atoms with Crippen LogP contribution in [0.15, 0.2) is 52.0 Å². The minimum absolute atomic E-state index is 0.0578. The second kappa shape index (κ2) is 5.65. The summed E-state index contributed by atoms with van der Waals surface area (Å²) < 4.78 is 4.80. The third-order valence-electron chi connectivity index (χ3n) is 2.26. The third-order valence-corrected chi connectivity index (χ3v) is 2.26. The maximum Gasteiger partial charge on any atom is 0.433 e. The normalized spacial score (nSPS) is 11.1. The van der Waals surface area contributed by atoms with E-state index in [1.807, 2.05) is 0 Å². The van der Waals surface area contributed by atoms with Crippen molar-refractivity contribution in [3.05, 3.63) is 63.9 Å². The van der Waals surface area contributed by atoms with Crippen molar-refractivity contribution in [2.45, 2.75) is 0 Å². The largest absolute Gasteiger partial charge is 0.433 e. The van der Waals surface area contributed by atoms with Gasteiger partial charge in [-0.05, 0) is 18.2 Å². The van der Waals surface area contributed by atoms with E-state index in [1.54, 1.807) is 30.3 Å². The number of nitrogens with zero attached hydrogens (tertiary/aromatic N) is 2. The van der Waals surface area contributed by atoms with Gasteiger partial charge in [-0.25, -0.2) is 4.79 Å². The molecule has 0 saturated carbocycles. The van der Waals surface area contributed by atoms with E-state index >= 15 is 0 Å². The SMILES string of the molecule is N/C(=N\OC(=O)c1ccccc1)c1ccc([N+](=O)[O-])o1. The molecule has 1 aromatic heterocycles. The predicted molar refractivity (Wildman–Crippen MR) is 67.9 cm³/mol. The van der Waals surface area contributed by atoms with Crippen molar-refractivity contribution in [1.82, 2.24) is 0 Å². The molecule has 0 radical (unpaired) electrons. The van der Waals surface area contributed by atoms with Crippen molar-refractivity contribution in [2.24, 2.45) is 10.9 Å². The first kappa shape index (κ1) is 13.3. The van der Waals surface area contributed by atoms with E-state index in [-0.39, 0.29) is 11.6 Å². The molecule has 0 amide bonds. The molecule has 2 aromatic rings. The number of furan rings is 1. The molecule has 0 fully saturated rings. The Bertz CT molecular complexity index is 663. The Morgan fingerprint density at radius 1 is 1.25 bits per heavy atom. The van der Waals surface area contributed by atoms with Crippen LogP contribution in [0.5, 0.6) is 0 Å². The molecule has 0 bridgehead atoms. The van der Waals surface area contributed by atoms with Gasteiger partial charge in [-0.3, -0.25) is 10.1 Å². The van der Waals surface area contributed by atoms with Gasteiger partial charge in [0.2, 0.25) is 5.84 Å². The second-order valence-electron chi connectivity index (χ2n) is 3.62. The molecular formula is C12H9N3O5. The minimum atomic E-state index is -0.716. The first-order valence-corrected chi connectivity index (χ1v) is 5.42. The fourth-order valence-corrected chi connectivity index (χ4v) is 1.33. The van der Waals surface area contributed by atoms with Crippen molar-refractivity contribution in [3.63, 3.8) is 0 Å². The van der Waals surface area contributed by atoms with Crippen LogP contribution in [0.4, 0.5) is 5.88 Å². The van der Waals surface area contributed by atoms with E-state index in [0.29, 0.717) is 5.56 Å². The van der Waals surface area contributed by atoms with Gasteiger partial charge in [0.25, 0.3) is 0 Å². The van der Waals surface area contributed by atoms with Crippen LogP contribution < -0.4 is 5.73 Å². The van der Waals surface area contributed by atoms with Crippen LogP contribution in [0.1, 0.15) is 16.1 Å². The first-order chi connectivity index (χ1) is 9.58. The summed E-state index contributed by atoms with van der Waals surface area (Å²) in [5.41, 5.74) is 5.79. The highest BCUT2D eigenvalue weighted by Gasteiger charge is 2.15. The molecule has 0 aliphatic carbocycles. The van der Waals surface area contributed by atoms with Crippen LogP contribution in [-0.2, 0) is 4.84 Å². The van der Waals surface area contributed by atoms with E-state index in [2.05, 4.69) is 9.99 Å². The van der Waals surface area contributed by atoms with Crippen LogP contribution >= 0.6 is 0 Å². The Balaban J connectivity index is 2.07. The molecule has 8 heteroatoms. The van der Waals surface area contributed by atoms with E-state index < -0.39 is 16.8 Å². The zero-order chi connectivity index (χ0) is 14.5. The van der Waals surface area contributed by atoms with Crippen LogP contribution in [0.3, 0.4) is 0 Å². The molecule has 0 aliphatic heterocycles. The Morgan fingerprint density at radius 3 is 2.55 bits per heavy atom. The number of rotatable bonds is 4. The molecule has 1 aromatic carbocycles. The summed E-state index contributed by atoms with van der Waals surface area (Å²) in [5.74, 6) is -1.51. The number of benzene rings is 1. The molecule has 0 spiro atoms. The number of nitro groups is 1. The van der Waals surface area contributed by atoms with E-state index in [0.717, 1.165) is 6.07 Å². The summed E-state index contributed by atoms with van der Waals surface area (Å²) in [6.45, 7) is 0. The van der Waals surface area contributed by atoms with E-state index in [4.69, 9.17) is 10.2 Å². The summed E-state index contributed by atoms with van der Waals surface area (Å²) in [6.07, 6.45) is 0. The van der Waals surface area contributed by atoms with Crippen molar-refractivity contribution in [3.8, 4) is 0 Å². The fraction of sp³-hybridized carbons (Fsp3) is 0. The summed E-state index contributed by atoms with van der Waals surface area (Å²) in [6, 6.07) is 10.6. The maximum absolute atomic E-state index is 11.6. The van der Waals surface area contributed by atoms with Crippen molar-refractivity contribution in [2.75, 3.05) is 0 Å². The van der Waals surface area contributed by atoms with Crippen molar-refractivity contribution in [1.29, 1.82) is 0 Å². The van der Waals surface area contributed by atoms with Crippen LogP contribution in [0.2, 0.25) is 0 Å². The third kappa shape index (κ3) is 2.99. The zero-order valence-electron chi connectivity index (χ0n) is 10.1. The summed E-state index contributed by atoms with van der Waals surface area (Å²) in [4.78, 5) is 25.9. The number of amidine groups is 1. The molecule has 2 rings (SSSR count). The van der Waals surface area contributed by atoms with Crippen LogP contribution in [0.25, 0.3) is 0 Å². The monoisotopic (exact) mass is 275 g/mol.